The van der Waals surface area contributed by atoms with Gasteiger partial charge in [0, 0.05) is 37.4 Å². The van der Waals surface area contributed by atoms with Crippen molar-refractivity contribution in [1.82, 2.24) is 4.90 Å². The van der Waals surface area contributed by atoms with Crippen molar-refractivity contribution in [2.45, 2.75) is 82.0 Å². The highest BCUT2D eigenvalue weighted by Gasteiger charge is 2.69. The van der Waals surface area contributed by atoms with Gasteiger partial charge < -0.3 is 43.9 Å². The molecule has 0 unspecified atom stereocenters. The molecule has 1 spiro atoms. The number of hydrogen-bond donors (Lipinski definition) is 3. The van der Waals surface area contributed by atoms with Crippen LogP contribution >= 0.6 is 0 Å². The van der Waals surface area contributed by atoms with E-state index in [2.05, 4.69) is 0 Å². The molecule has 1 aliphatic carbocycles. The molecule has 0 amide bonds. The maximum absolute atomic E-state index is 13.9. The number of piperidine rings is 1. The Kier molecular flexibility index (Phi) is 9.26. The number of carbonyl (C=O) groups excluding carboxylic acids is 4. The van der Waals surface area contributed by atoms with Crippen LogP contribution in [0.5, 0.6) is 11.5 Å². The van der Waals surface area contributed by atoms with E-state index in [4.69, 9.17) is 23.7 Å². The van der Waals surface area contributed by atoms with E-state index in [1.807, 2.05) is 25.8 Å². The number of aryl methyl sites for hydroxylation is 1. The van der Waals surface area contributed by atoms with Crippen LogP contribution in [-0.2, 0) is 48.3 Å². The van der Waals surface area contributed by atoms with E-state index >= 15 is 0 Å². The van der Waals surface area contributed by atoms with E-state index in [0.29, 0.717) is 18.5 Å². The van der Waals surface area contributed by atoms with Crippen molar-refractivity contribution in [3.05, 3.63) is 71.0 Å². The van der Waals surface area contributed by atoms with Crippen LogP contribution in [0.4, 0.5) is 0 Å². The number of nitrogens with zero attached hydrogens (tertiary/aromatic N) is 1. The zero-order valence-corrected chi connectivity index (χ0v) is 27.0. The number of hydrogen-bond acceptors (Lipinski definition) is 13. The van der Waals surface area contributed by atoms with E-state index < -0.39 is 71.3 Å². The van der Waals surface area contributed by atoms with Gasteiger partial charge in [0.25, 0.3) is 0 Å². The first-order valence-corrected chi connectivity index (χ1v) is 15.3. The molecular formula is C34H37NO13. The molecule has 2 heterocycles. The van der Waals surface area contributed by atoms with Gasteiger partial charge in [0.05, 0.1) is 11.0 Å². The minimum atomic E-state index is -2.27. The summed E-state index contributed by atoms with van der Waals surface area (Å²) in [4.78, 5) is 65.6. The average molecular weight is 668 g/mol. The number of fused-ring (bicyclic) bond motifs is 1. The first-order valence-electron chi connectivity index (χ1n) is 15.3. The Bertz CT molecular complexity index is 1670. The van der Waals surface area contributed by atoms with E-state index in [9.17, 15) is 39.3 Å². The molecule has 0 aromatic heterocycles. The molecular weight excluding hydrogens is 630 g/mol. The van der Waals surface area contributed by atoms with Gasteiger partial charge in [-0.1, -0.05) is 36.4 Å². The Hall–Kier alpha value is -4.95. The van der Waals surface area contributed by atoms with Crippen LogP contribution in [0.3, 0.4) is 0 Å². The second-order valence-corrected chi connectivity index (χ2v) is 12.3. The Morgan fingerprint density at radius 2 is 1.58 bits per heavy atom. The smallest absolute Gasteiger partial charge is 0.357 e. The Labute approximate surface area is 275 Å². The number of carbonyl (C=O) groups is 5. The summed E-state index contributed by atoms with van der Waals surface area (Å²) in [7, 11) is 1.88. The average Bonchev–Trinajstić information content (AvgIpc) is 3.40. The second kappa shape index (κ2) is 12.9. The van der Waals surface area contributed by atoms with Crippen molar-refractivity contribution >= 4 is 29.8 Å². The van der Waals surface area contributed by atoms with Gasteiger partial charge in [-0.05, 0) is 51.6 Å². The number of benzene rings is 2. The zero-order valence-electron chi connectivity index (χ0n) is 27.0. The number of esters is 4. The number of aromatic hydroxyl groups is 1. The zero-order chi connectivity index (χ0) is 35.1. The van der Waals surface area contributed by atoms with Crippen molar-refractivity contribution in [1.29, 1.82) is 0 Å². The van der Waals surface area contributed by atoms with Gasteiger partial charge >= 0.3 is 29.8 Å². The lowest BCUT2D eigenvalue weighted by molar-refractivity contribution is -0.195. The molecule has 0 bridgehead atoms. The molecule has 3 aliphatic rings. The fourth-order valence-corrected chi connectivity index (χ4v) is 7.08. The van der Waals surface area contributed by atoms with Crippen LogP contribution in [-0.4, -0.2) is 93.6 Å². The molecule has 0 radical (unpaired) electrons. The number of phenols is 1. The van der Waals surface area contributed by atoms with Crippen LogP contribution in [0.1, 0.15) is 56.4 Å². The summed E-state index contributed by atoms with van der Waals surface area (Å²) in [6.45, 7) is 6.07. The summed E-state index contributed by atoms with van der Waals surface area (Å²) in [5, 5.41) is 33.0. The van der Waals surface area contributed by atoms with Crippen molar-refractivity contribution < 1.29 is 63.0 Å². The molecule has 5 rings (SSSR count). The fourth-order valence-electron chi connectivity index (χ4n) is 7.08. The molecule has 3 N–H and O–H groups in total. The standard InChI is InChI=1S/C34H37NO13/c1-17-11-12-22(38)26-24(17)33-15-16-35(5)18(2)34(33,43)14-13-23(29(33)47-26)46-31(41)27(44-19(3)36)28(45-20(4)37)32(42)48-25(30(39)40)21-9-7-6-8-10-21/h6-13,18,25,27-29,38,43H,14-16H2,1-5H3,(H,39,40)/t18-,25+,27-,28-,29+,33+,34-/m1/s1. The molecule has 48 heavy (non-hydrogen) atoms. The van der Waals surface area contributed by atoms with Crippen molar-refractivity contribution in [3.63, 3.8) is 0 Å². The third-order valence-corrected chi connectivity index (χ3v) is 9.44. The fraction of sp³-hybridized carbons (Fsp3) is 0.441. The number of phenolic OH excluding ortho intramolecular Hbond substituents is 1. The number of likely N-dealkylation sites (tertiary alicyclic amines) is 1. The quantitative estimate of drug-likeness (QED) is 0.260. The van der Waals surface area contributed by atoms with E-state index in [-0.39, 0.29) is 29.2 Å². The molecule has 0 saturated carbocycles. The highest BCUT2D eigenvalue weighted by atomic mass is 16.6. The third kappa shape index (κ3) is 5.75. The Balaban J connectivity index is 1.52. The molecule has 7 atom stereocenters. The monoisotopic (exact) mass is 667 g/mol. The maximum Gasteiger partial charge on any atom is 0.357 e. The minimum absolute atomic E-state index is 0.0134. The molecule has 1 saturated heterocycles. The van der Waals surface area contributed by atoms with E-state index in [1.54, 1.807) is 12.1 Å². The molecule has 2 aromatic carbocycles. The van der Waals surface area contributed by atoms with Crippen molar-refractivity contribution in [3.8, 4) is 11.5 Å². The van der Waals surface area contributed by atoms with Gasteiger partial charge in [0.15, 0.2) is 17.6 Å². The lowest BCUT2D eigenvalue weighted by Gasteiger charge is -2.58. The highest BCUT2D eigenvalue weighted by molar-refractivity contribution is 5.90. The lowest BCUT2D eigenvalue weighted by atomic mass is 9.54. The van der Waals surface area contributed by atoms with Crippen LogP contribution in [0.15, 0.2) is 54.3 Å². The molecule has 14 heteroatoms. The SMILES string of the molecule is CC(=O)O[C@@H](C(=O)OC1=CC[C@@]2(O)[C@@H](C)N(C)CC[C@@]23c2c(C)ccc(O)c2O[C@@H]13)[C@@H](OC(C)=O)C(=O)O[C@H](C(=O)O)c1ccccc1. The van der Waals surface area contributed by atoms with Gasteiger partial charge in [-0.2, -0.15) is 0 Å². The number of carboxylic acids is 1. The van der Waals surface area contributed by atoms with E-state index in [0.717, 1.165) is 19.4 Å². The van der Waals surface area contributed by atoms with Gasteiger partial charge in [0.2, 0.25) is 18.3 Å². The Morgan fingerprint density at radius 1 is 0.958 bits per heavy atom. The van der Waals surface area contributed by atoms with Crippen LogP contribution in [0.25, 0.3) is 0 Å². The predicted octanol–water partition coefficient (Wildman–Crippen LogP) is 2.22. The molecule has 14 nitrogen and oxygen atoms in total. The predicted molar refractivity (Wildman–Crippen MR) is 163 cm³/mol. The number of carboxylic acid groups (broad SMARTS) is 1. The summed E-state index contributed by atoms with van der Waals surface area (Å²) < 4.78 is 27.5. The largest absolute Gasteiger partial charge is 0.504 e. The van der Waals surface area contributed by atoms with Crippen molar-refractivity contribution in [2.24, 2.45) is 0 Å². The summed E-state index contributed by atoms with van der Waals surface area (Å²) in [6, 6.07) is 10.2. The van der Waals surface area contributed by atoms with Gasteiger partial charge in [0.1, 0.15) is 5.76 Å². The first-order chi connectivity index (χ1) is 22.6. The van der Waals surface area contributed by atoms with Crippen LogP contribution in [0.2, 0.25) is 0 Å². The molecule has 256 valence electrons. The topological polar surface area (TPSA) is 195 Å². The van der Waals surface area contributed by atoms with Crippen LogP contribution in [0, 0.1) is 6.92 Å². The van der Waals surface area contributed by atoms with Crippen LogP contribution < -0.4 is 4.74 Å². The second-order valence-electron chi connectivity index (χ2n) is 12.3. The summed E-state index contributed by atoms with van der Waals surface area (Å²) in [6.07, 6.45) is -5.74. The summed E-state index contributed by atoms with van der Waals surface area (Å²) in [5.74, 6) is -6.71. The minimum Gasteiger partial charge on any atom is -0.504 e. The van der Waals surface area contributed by atoms with Gasteiger partial charge in [-0.25, -0.2) is 14.4 Å². The maximum atomic E-state index is 13.9. The number of ether oxygens (including phenoxy) is 5. The third-order valence-electron chi connectivity index (χ3n) is 9.44. The molecule has 2 aliphatic heterocycles. The number of rotatable bonds is 9. The first kappa shape index (κ1) is 34.4. The van der Waals surface area contributed by atoms with Crippen molar-refractivity contribution in [2.75, 3.05) is 13.6 Å². The molecule has 2 aromatic rings. The van der Waals surface area contributed by atoms with Gasteiger partial charge in [-0.3, -0.25) is 9.59 Å². The Morgan fingerprint density at radius 3 is 2.19 bits per heavy atom. The normalized spacial score (nSPS) is 26.2. The van der Waals surface area contributed by atoms with E-state index in [1.165, 1.54) is 36.4 Å². The summed E-state index contributed by atoms with van der Waals surface area (Å²) in [5.41, 5.74) is -1.28. The highest BCUT2D eigenvalue weighted by Crippen LogP contribution is 2.62. The number of aliphatic hydroxyl groups is 1. The lowest BCUT2D eigenvalue weighted by Crippen LogP contribution is -2.71. The summed E-state index contributed by atoms with van der Waals surface area (Å²) >= 11 is 0. The molecule has 1 fully saturated rings. The van der Waals surface area contributed by atoms with Gasteiger partial charge in [-0.15, -0.1) is 0 Å². The number of likely N-dealkylation sites (N-methyl/N-ethyl adjacent to an activating group) is 1. The number of aliphatic carboxylic acids is 1.